The van der Waals surface area contributed by atoms with Crippen molar-refractivity contribution >= 4 is 17.7 Å². The van der Waals surface area contributed by atoms with Crippen molar-refractivity contribution in [3.63, 3.8) is 0 Å². The molecule has 0 aromatic carbocycles. The highest BCUT2D eigenvalue weighted by Gasteiger charge is 2.45. The number of carbonyl (C=O) groups excluding carboxylic acids is 1. The van der Waals surface area contributed by atoms with Gasteiger partial charge in [0, 0.05) is 31.2 Å². The number of aryl methyl sites for hydroxylation is 1. The Morgan fingerprint density at radius 2 is 2.13 bits per heavy atom. The van der Waals surface area contributed by atoms with Crippen molar-refractivity contribution < 1.29 is 9.18 Å². The number of likely N-dealkylation sites (N-methyl/N-ethyl adjacent to an activating group) is 1. The van der Waals surface area contributed by atoms with Gasteiger partial charge in [-0.3, -0.25) is 10.00 Å². The number of anilines is 2. The van der Waals surface area contributed by atoms with E-state index in [1.807, 2.05) is 23.6 Å². The van der Waals surface area contributed by atoms with Crippen LogP contribution in [0.15, 0.2) is 6.20 Å². The molecule has 0 aliphatic carbocycles. The quantitative estimate of drug-likeness (QED) is 0.799. The fourth-order valence-corrected chi connectivity index (χ4v) is 4.31. The van der Waals surface area contributed by atoms with Gasteiger partial charge in [-0.25, -0.2) is 19.2 Å². The van der Waals surface area contributed by atoms with Gasteiger partial charge in [0.15, 0.2) is 17.5 Å². The van der Waals surface area contributed by atoms with Gasteiger partial charge in [-0.2, -0.15) is 5.10 Å². The van der Waals surface area contributed by atoms with Crippen LogP contribution >= 0.6 is 0 Å². The van der Waals surface area contributed by atoms with Gasteiger partial charge in [-0.1, -0.05) is 6.92 Å². The highest BCUT2D eigenvalue weighted by Crippen LogP contribution is 2.41. The molecule has 2 aliphatic heterocycles. The fraction of sp³-hybridized carbons (Fsp3) is 0.600. The van der Waals surface area contributed by atoms with Crippen LogP contribution in [0.1, 0.15) is 44.3 Å². The Balaban J connectivity index is 1.56. The first-order chi connectivity index (χ1) is 14.2. The molecule has 4 rings (SSSR count). The topological polar surface area (TPSA) is 93.3 Å². The average molecular weight is 417 g/mol. The standard InChI is InChI=1S/C20H29FN8O/c1-6-13-10-28(8-7-27(13)5)19(30)29-11-14-16(20(29,3)4)25-26-17(14)24-18-15(21)9-22-12(2)23-18/h9,13H,6-8,10-11H2,1-5H3,(H2,22,23,24,25,26)/t13-/m0/s1. The van der Waals surface area contributed by atoms with E-state index in [0.29, 0.717) is 30.8 Å². The van der Waals surface area contributed by atoms with Crippen LogP contribution in [0.25, 0.3) is 0 Å². The number of rotatable bonds is 3. The summed E-state index contributed by atoms with van der Waals surface area (Å²) >= 11 is 0. The number of carbonyl (C=O) groups is 1. The highest BCUT2D eigenvalue weighted by atomic mass is 19.1. The Bertz CT molecular complexity index is 958. The molecular formula is C20H29FN8O. The molecule has 9 nitrogen and oxygen atoms in total. The second-order valence-corrected chi connectivity index (χ2v) is 8.58. The zero-order valence-corrected chi connectivity index (χ0v) is 18.2. The van der Waals surface area contributed by atoms with E-state index in [9.17, 15) is 9.18 Å². The molecule has 1 saturated heterocycles. The largest absolute Gasteiger partial charge is 0.322 e. The Morgan fingerprint density at radius 3 is 2.87 bits per heavy atom. The summed E-state index contributed by atoms with van der Waals surface area (Å²) in [5.74, 6) is 0.466. The van der Waals surface area contributed by atoms with Gasteiger partial charge in [0.1, 0.15) is 5.82 Å². The van der Waals surface area contributed by atoms with Gasteiger partial charge in [0.05, 0.1) is 24.0 Å². The number of fused-ring (bicyclic) bond motifs is 1. The monoisotopic (exact) mass is 416 g/mol. The molecule has 1 atom stereocenters. The van der Waals surface area contributed by atoms with Crippen LogP contribution in [0, 0.1) is 12.7 Å². The van der Waals surface area contributed by atoms with Crippen LogP contribution in [0.2, 0.25) is 0 Å². The average Bonchev–Trinajstić information content (AvgIpc) is 3.23. The van der Waals surface area contributed by atoms with Crippen LogP contribution in [0.3, 0.4) is 0 Å². The summed E-state index contributed by atoms with van der Waals surface area (Å²) in [6.45, 7) is 10.5. The summed E-state index contributed by atoms with van der Waals surface area (Å²) in [6.07, 6.45) is 2.14. The Morgan fingerprint density at radius 1 is 1.37 bits per heavy atom. The normalized spacial score (nSPS) is 21.1. The first-order valence-corrected chi connectivity index (χ1v) is 10.3. The zero-order valence-electron chi connectivity index (χ0n) is 18.2. The van der Waals surface area contributed by atoms with E-state index in [-0.39, 0.29) is 11.8 Å². The molecule has 0 radical (unpaired) electrons. The van der Waals surface area contributed by atoms with Crippen molar-refractivity contribution in [2.24, 2.45) is 0 Å². The molecule has 0 spiro atoms. The van der Waals surface area contributed by atoms with Crippen LogP contribution in [-0.4, -0.2) is 73.6 Å². The first kappa shape index (κ1) is 20.5. The van der Waals surface area contributed by atoms with Gasteiger partial charge in [-0.05, 0) is 34.2 Å². The predicted molar refractivity (Wildman–Crippen MR) is 111 cm³/mol. The van der Waals surface area contributed by atoms with E-state index >= 15 is 0 Å². The molecule has 4 heterocycles. The summed E-state index contributed by atoms with van der Waals surface area (Å²) in [7, 11) is 2.11. The fourth-order valence-electron chi connectivity index (χ4n) is 4.31. The molecule has 0 unspecified atom stereocenters. The maximum absolute atomic E-state index is 14.1. The number of aromatic nitrogens is 4. The Hall–Kier alpha value is -2.75. The van der Waals surface area contributed by atoms with Crippen molar-refractivity contribution in [2.45, 2.75) is 52.2 Å². The molecule has 2 aromatic heterocycles. The molecular weight excluding hydrogens is 387 g/mol. The van der Waals surface area contributed by atoms with E-state index in [0.717, 1.165) is 37.0 Å². The van der Waals surface area contributed by atoms with Crippen LogP contribution in [-0.2, 0) is 12.1 Å². The second kappa shape index (κ2) is 7.50. The number of hydrogen-bond acceptors (Lipinski definition) is 6. The lowest BCUT2D eigenvalue weighted by molar-refractivity contribution is 0.0662. The van der Waals surface area contributed by atoms with E-state index in [1.165, 1.54) is 0 Å². The van der Waals surface area contributed by atoms with Crippen molar-refractivity contribution in [3.8, 4) is 0 Å². The molecule has 1 fully saturated rings. The number of nitrogens with one attached hydrogen (secondary N) is 2. The third-order valence-corrected chi connectivity index (χ3v) is 6.32. The summed E-state index contributed by atoms with van der Waals surface area (Å²) in [5, 5.41) is 10.3. The number of amides is 2. The molecule has 30 heavy (non-hydrogen) atoms. The maximum atomic E-state index is 14.1. The summed E-state index contributed by atoms with van der Waals surface area (Å²) in [6, 6.07) is 0.389. The number of piperazine rings is 1. The number of urea groups is 1. The van der Waals surface area contributed by atoms with Crippen molar-refractivity contribution in [2.75, 3.05) is 32.0 Å². The van der Waals surface area contributed by atoms with Crippen molar-refractivity contribution in [3.05, 3.63) is 29.1 Å². The van der Waals surface area contributed by atoms with E-state index in [1.54, 1.807) is 6.92 Å². The molecule has 10 heteroatoms. The predicted octanol–water partition coefficient (Wildman–Crippen LogP) is 2.59. The van der Waals surface area contributed by atoms with E-state index < -0.39 is 11.4 Å². The molecule has 0 bridgehead atoms. The molecule has 2 aromatic rings. The molecule has 0 saturated carbocycles. The minimum atomic E-state index is -0.551. The number of H-pyrrole nitrogens is 1. The first-order valence-electron chi connectivity index (χ1n) is 10.3. The molecule has 2 amide bonds. The van der Waals surface area contributed by atoms with E-state index in [2.05, 4.69) is 44.4 Å². The maximum Gasteiger partial charge on any atom is 0.321 e. The van der Waals surface area contributed by atoms with Crippen LogP contribution in [0.5, 0.6) is 0 Å². The molecule has 2 N–H and O–H groups in total. The molecule has 162 valence electrons. The number of hydrogen-bond donors (Lipinski definition) is 2. The van der Waals surface area contributed by atoms with Crippen LogP contribution in [0.4, 0.5) is 20.8 Å². The van der Waals surface area contributed by atoms with Gasteiger partial charge >= 0.3 is 6.03 Å². The van der Waals surface area contributed by atoms with Crippen molar-refractivity contribution in [1.29, 1.82) is 0 Å². The number of aromatic amines is 1. The summed E-state index contributed by atoms with van der Waals surface area (Å²) in [4.78, 5) is 27.5. The lowest BCUT2D eigenvalue weighted by atomic mass is 10.0. The van der Waals surface area contributed by atoms with Crippen molar-refractivity contribution in [1.82, 2.24) is 34.9 Å². The van der Waals surface area contributed by atoms with E-state index in [4.69, 9.17) is 0 Å². The van der Waals surface area contributed by atoms with Crippen LogP contribution < -0.4 is 5.32 Å². The zero-order chi connectivity index (χ0) is 21.6. The SMILES string of the molecule is CC[C@H]1CN(C(=O)N2Cc3c(Nc4nc(C)ncc4F)n[nH]c3C2(C)C)CCN1C. The van der Waals surface area contributed by atoms with Gasteiger partial charge < -0.3 is 15.1 Å². The Kier molecular flexibility index (Phi) is 5.13. The van der Waals surface area contributed by atoms with Gasteiger partial charge in [0.2, 0.25) is 0 Å². The minimum absolute atomic E-state index is 0.0196. The highest BCUT2D eigenvalue weighted by molar-refractivity contribution is 5.78. The number of halogens is 1. The second-order valence-electron chi connectivity index (χ2n) is 8.58. The lowest BCUT2D eigenvalue weighted by Gasteiger charge is -2.43. The molecule has 2 aliphatic rings. The third-order valence-electron chi connectivity index (χ3n) is 6.32. The smallest absolute Gasteiger partial charge is 0.321 e. The van der Waals surface area contributed by atoms with Gasteiger partial charge in [-0.15, -0.1) is 0 Å². The summed E-state index contributed by atoms with van der Waals surface area (Å²) < 4.78 is 14.1. The lowest BCUT2D eigenvalue weighted by Crippen LogP contribution is -2.57. The van der Waals surface area contributed by atoms with Gasteiger partial charge in [0.25, 0.3) is 0 Å². The summed E-state index contributed by atoms with van der Waals surface area (Å²) in [5.41, 5.74) is 1.15. The number of nitrogens with zero attached hydrogens (tertiary/aromatic N) is 6. The Labute approximate surface area is 175 Å². The third kappa shape index (κ3) is 3.38. The minimum Gasteiger partial charge on any atom is -0.322 e.